The van der Waals surface area contributed by atoms with E-state index in [1.165, 1.54) is 0 Å². The Kier molecular flexibility index (Phi) is 8.77. The maximum atomic E-state index is 11.8. The first-order chi connectivity index (χ1) is 9.63. The van der Waals surface area contributed by atoms with Gasteiger partial charge in [0, 0.05) is 39.7 Å². The molecule has 2 unspecified atom stereocenters. The summed E-state index contributed by atoms with van der Waals surface area (Å²) in [5, 5.41) is 12.8. The molecular weight excluding hydrogens is 260 g/mol. The van der Waals surface area contributed by atoms with Crippen molar-refractivity contribution >= 4 is 5.91 Å². The van der Waals surface area contributed by atoms with E-state index in [9.17, 15) is 9.90 Å². The molecule has 6 nitrogen and oxygen atoms in total. The second-order valence-corrected chi connectivity index (χ2v) is 5.30. The van der Waals surface area contributed by atoms with E-state index in [1.807, 2.05) is 11.8 Å². The van der Waals surface area contributed by atoms with Crippen LogP contribution in [0.3, 0.4) is 0 Å². The van der Waals surface area contributed by atoms with Gasteiger partial charge in [0.2, 0.25) is 5.91 Å². The first kappa shape index (κ1) is 17.4. The number of nitrogens with one attached hydrogen (secondary N) is 1. The molecule has 1 aliphatic rings. The number of aliphatic hydroxyl groups is 1. The van der Waals surface area contributed by atoms with Crippen LogP contribution in [0.2, 0.25) is 0 Å². The summed E-state index contributed by atoms with van der Waals surface area (Å²) in [5.74, 6) is 0.203. The van der Waals surface area contributed by atoms with Gasteiger partial charge in [0.25, 0.3) is 0 Å². The number of methoxy groups -OCH3 is 1. The van der Waals surface area contributed by atoms with E-state index in [0.29, 0.717) is 26.1 Å². The smallest absolute Gasteiger partial charge is 0.223 e. The van der Waals surface area contributed by atoms with Crippen molar-refractivity contribution in [3.63, 3.8) is 0 Å². The number of hydrogen-bond acceptors (Lipinski definition) is 5. The maximum Gasteiger partial charge on any atom is 0.223 e. The quantitative estimate of drug-likeness (QED) is 0.554. The molecule has 1 saturated heterocycles. The van der Waals surface area contributed by atoms with Gasteiger partial charge in [0.05, 0.1) is 25.4 Å². The molecular formula is C14H28N2O4. The summed E-state index contributed by atoms with van der Waals surface area (Å²) in [5.41, 5.74) is 0. The molecule has 1 amide bonds. The molecule has 2 N–H and O–H groups in total. The molecule has 2 atom stereocenters. The third-order valence-corrected chi connectivity index (χ3v) is 3.33. The normalized spacial score (nSPS) is 18.2. The van der Waals surface area contributed by atoms with E-state index < -0.39 is 6.10 Å². The average Bonchev–Trinajstić information content (AvgIpc) is 2.95. The van der Waals surface area contributed by atoms with Crippen molar-refractivity contribution in [2.45, 2.75) is 38.4 Å². The highest BCUT2D eigenvalue weighted by atomic mass is 16.5. The topological polar surface area (TPSA) is 71.0 Å². The Bertz CT molecular complexity index is 270. The zero-order valence-electron chi connectivity index (χ0n) is 12.6. The van der Waals surface area contributed by atoms with Crippen LogP contribution in [0.25, 0.3) is 0 Å². The highest BCUT2D eigenvalue weighted by molar-refractivity contribution is 5.76. The Morgan fingerprint density at radius 2 is 2.05 bits per heavy atom. The molecule has 0 saturated carbocycles. The molecule has 0 bridgehead atoms. The van der Waals surface area contributed by atoms with Crippen molar-refractivity contribution in [1.29, 1.82) is 0 Å². The fourth-order valence-electron chi connectivity index (χ4n) is 2.21. The summed E-state index contributed by atoms with van der Waals surface area (Å²) in [6, 6.07) is 0. The number of amides is 1. The van der Waals surface area contributed by atoms with Crippen LogP contribution in [-0.2, 0) is 14.3 Å². The van der Waals surface area contributed by atoms with Crippen LogP contribution >= 0.6 is 0 Å². The lowest BCUT2D eigenvalue weighted by atomic mass is 10.3. The van der Waals surface area contributed by atoms with Gasteiger partial charge in [0.1, 0.15) is 0 Å². The standard InChI is InChI=1S/C14H28N2O4/c1-12(10-19-2)20-11-13(17)9-15-6-5-14(18)16-7-3-4-8-16/h12-13,15,17H,3-11H2,1-2H3. The summed E-state index contributed by atoms with van der Waals surface area (Å²) in [7, 11) is 1.62. The summed E-state index contributed by atoms with van der Waals surface area (Å²) in [4.78, 5) is 13.7. The second kappa shape index (κ2) is 10.1. The van der Waals surface area contributed by atoms with Gasteiger partial charge in [-0.1, -0.05) is 0 Å². The van der Waals surface area contributed by atoms with Crippen LogP contribution in [0.1, 0.15) is 26.2 Å². The molecule has 1 fully saturated rings. The number of likely N-dealkylation sites (tertiary alicyclic amines) is 1. The number of carbonyl (C=O) groups is 1. The minimum Gasteiger partial charge on any atom is -0.389 e. The molecule has 0 aromatic heterocycles. The van der Waals surface area contributed by atoms with Crippen LogP contribution in [0.4, 0.5) is 0 Å². The lowest BCUT2D eigenvalue weighted by molar-refractivity contribution is -0.130. The summed E-state index contributed by atoms with van der Waals surface area (Å²) < 4.78 is 10.4. The summed E-state index contributed by atoms with van der Waals surface area (Å²) >= 11 is 0. The van der Waals surface area contributed by atoms with E-state index in [4.69, 9.17) is 9.47 Å². The molecule has 1 rings (SSSR count). The zero-order valence-corrected chi connectivity index (χ0v) is 12.6. The van der Waals surface area contributed by atoms with Gasteiger partial charge in [-0.2, -0.15) is 0 Å². The number of nitrogens with zero attached hydrogens (tertiary/aromatic N) is 1. The van der Waals surface area contributed by atoms with Crippen molar-refractivity contribution in [3.8, 4) is 0 Å². The molecule has 0 aromatic carbocycles. The molecule has 0 spiro atoms. The van der Waals surface area contributed by atoms with Gasteiger partial charge < -0.3 is 24.8 Å². The summed E-state index contributed by atoms with van der Waals surface area (Å²) in [6.07, 6.45) is 2.15. The van der Waals surface area contributed by atoms with Crippen molar-refractivity contribution < 1.29 is 19.4 Å². The van der Waals surface area contributed by atoms with Crippen LogP contribution in [0, 0.1) is 0 Å². The van der Waals surface area contributed by atoms with Crippen LogP contribution in [0.15, 0.2) is 0 Å². The molecule has 1 heterocycles. The largest absolute Gasteiger partial charge is 0.389 e. The highest BCUT2D eigenvalue weighted by Crippen LogP contribution is 2.08. The fraction of sp³-hybridized carbons (Fsp3) is 0.929. The Hall–Kier alpha value is -0.690. The van der Waals surface area contributed by atoms with Crippen molar-refractivity contribution in [2.24, 2.45) is 0 Å². The number of ether oxygens (including phenoxy) is 2. The molecule has 118 valence electrons. The van der Waals surface area contributed by atoms with Gasteiger partial charge in [-0.3, -0.25) is 4.79 Å². The molecule has 1 aliphatic heterocycles. The highest BCUT2D eigenvalue weighted by Gasteiger charge is 2.17. The Labute approximate surface area is 121 Å². The first-order valence-electron chi connectivity index (χ1n) is 7.40. The summed E-state index contributed by atoms with van der Waals surface area (Å²) in [6.45, 7) is 5.52. The van der Waals surface area contributed by atoms with E-state index >= 15 is 0 Å². The van der Waals surface area contributed by atoms with E-state index in [2.05, 4.69) is 5.32 Å². The third kappa shape index (κ3) is 7.19. The van der Waals surface area contributed by atoms with Crippen LogP contribution < -0.4 is 5.32 Å². The lowest BCUT2D eigenvalue weighted by Crippen LogP contribution is -2.35. The van der Waals surface area contributed by atoms with Crippen molar-refractivity contribution in [2.75, 3.05) is 46.5 Å². The maximum absolute atomic E-state index is 11.8. The van der Waals surface area contributed by atoms with Gasteiger partial charge >= 0.3 is 0 Å². The third-order valence-electron chi connectivity index (χ3n) is 3.33. The zero-order chi connectivity index (χ0) is 14.8. The number of carbonyl (C=O) groups excluding carboxylic acids is 1. The predicted molar refractivity (Wildman–Crippen MR) is 76.6 cm³/mol. The van der Waals surface area contributed by atoms with Crippen molar-refractivity contribution in [3.05, 3.63) is 0 Å². The molecule has 6 heteroatoms. The van der Waals surface area contributed by atoms with Gasteiger partial charge in [-0.15, -0.1) is 0 Å². The van der Waals surface area contributed by atoms with Crippen LogP contribution in [0.5, 0.6) is 0 Å². The molecule has 0 aliphatic carbocycles. The SMILES string of the molecule is COCC(C)OCC(O)CNCCC(=O)N1CCCC1. The molecule has 0 aromatic rings. The lowest BCUT2D eigenvalue weighted by Gasteiger charge is -2.17. The fourth-order valence-corrected chi connectivity index (χ4v) is 2.21. The molecule has 0 radical (unpaired) electrons. The Balaban J connectivity index is 1.98. The Morgan fingerprint density at radius 3 is 2.70 bits per heavy atom. The predicted octanol–water partition coefficient (Wildman–Crippen LogP) is 0.000900. The van der Waals surface area contributed by atoms with Gasteiger partial charge in [0.15, 0.2) is 0 Å². The minimum atomic E-state index is -0.559. The van der Waals surface area contributed by atoms with Crippen LogP contribution in [-0.4, -0.2) is 74.6 Å². The van der Waals surface area contributed by atoms with E-state index in [-0.39, 0.29) is 18.6 Å². The van der Waals surface area contributed by atoms with Gasteiger partial charge in [-0.25, -0.2) is 0 Å². The number of rotatable bonds is 10. The Morgan fingerprint density at radius 1 is 1.35 bits per heavy atom. The van der Waals surface area contributed by atoms with Gasteiger partial charge in [-0.05, 0) is 19.8 Å². The van der Waals surface area contributed by atoms with E-state index in [0.717, 1.165) is 25.9 Å². The number of hydrogen-bond donors (Lipinski definition) is 2. The van der Waals surface area contributed by atoms with Crippen molar-refractivity contribution in [1.82, 2.24) is 10.2 Å². The van der Waals surface area contributed by atoms with E-state index in [1.54, 1.807) is 7.11 Å². The second-order valence-electron chi connectivity index (χ2n) is 5.30. The number of aliphatic hydroxyl groups excluding tert-OH is 1. The average molecular weight is 288 g/mol. The minimum absolute atomic E-state index is 0.0219. The first-order valence-corrected chi connectivity index (χ1v) is 7.40. The monoisotopic (exact) mass is 288 g/mol. The molecule has 20 heavy (non-hydrogen) atoms.